The molecule has 6 heteroatoms. The number of halogens is 1. The number of rotatable bonds is 3. The zero-order chi connectivity index (χ0) is 13.2. The van der Waals surface area contributed by atoms with Gasteiger partial charge in [0.2, 0.25) is 5.91 Å². The molecular weight excluding hydrogens is 300 g/mol. The summed E-state index contributed by atoms with van der Waals surface area (Å²) in [6.45, 7) is 0.774. The third-order valence-electron chi connectivity index (χ3n) is 2.87. The number of carbonyl (C=O) groups is 1. The van der Waals surface area contributed by atoms with Crippen LogP contribution in [0.3, 0.4) is 0 Å². The Morgan fingerprint density at radius 2 is 2.33 bits per heavy atom. The van der Waals surface area contributed by atoms with Crippen molar-refractivity contribution >= 4 is 27.5 Å². The Kier molecular flexibility index (Phi) is 3.89. The predicted molar refractivity (Wildman–Crippen MR) is 71.7 cm³/mol. The molecule has 1 aromatic carbocycles. The van der Waals surface area contributed by atoms with Crippen molar-refractivity contribution in [2.45, 2.75) is 12.0 Å². The van der Waals surface area contributed by atoms with Crippen LogP contribution in [-0.2, 0) is 9.53 Å². The Labute approximate surface area is 114 Å². The summed E-state index contributed by atoms with van der Waals surface area (Å²) < 4.78 is 11.1. The van der Waals surface area contributed by atoms with Gasteiger partial charge >= 0.3 is 0 Å². The highest BCUT2D eigenvalue weighted by molar-refractivity contribution is 9.10. The molecule has 0 radical (unpaired) electrons. The number of methoxy groups -OCH3 is 1. The van der Waals surface area contributed by atoms with Gasteiger partial charge in [-0.25, -0.2) is 0 Å². The number of ether oxygens (including phenoxy) is 2. The van der Waals surface area contributed by atoms with E-state index < -0.39 is 5.54 Å². The lowest BCUT2D eigenvalue weighted by atomic mass is 9.99. The number of hydrogen-bond acceptors (Lipinski definition) is 4. The largest absolute Gasteiger partial charge is 0.497 e. The molecule has 0 bridgehead atoms. The average molecular weight is 315 g/mol. The predicted octanol–water partition coefficient (Wildman–Crippen LogP) is 1.51. The fourth-order valence-electron chi connectivity index (χ4n) is 1.77. The van der Waals surface area contributed by atoms with Crippen molar-refractivity contribution < 1.29 is 14.3 Å². The van der Waals surface area contributed by atoms with Gasteiger partial charge in [0.1, 0.15) is 11.3 Å². The molecule has 5 nitrogen and oxygen atoms in total. The summed E-state index contributed by atoms with van der Waals surface area (Å²) in [4.78, 5) is 12.1. The van der Waals surface area contributed by atoms with Crippen LogP contribution >= 0.6 is 15.9 Å². The maximum atomic E-state index is 12.1. The first-order chi connectivity index (χ1) is 8.53. The highest BCUT2D eigenvalue weighted by atomic mass is 79.9. The van der Waals surface area contributed by atoms with E-state index >= 15 is 0 Å². The van der Waals surface area contributed by atoms with Crippen molar-refractivity contribution in [1.82, 2.24) is 0 Å². The molecule has 0 aliphatic carbocycles. The summed E-state index contributed by atoms with van der Waals surface area (Å²) in [6.07, 6.45) is 0.532. The van der Waals surface area contributed by atoms with Gasteiger partial charge < -0.3 is 20.5 Å². The first kappa shape index (κ1) is 13.3. The van der Waals surface area contributed by atoms with Crippen LogP contribution in [0.4, 0.5) is 5.69 Å². The van der Waals surface area contributed by atoms with Crippen LogP contribution in [0.1, 0.15) is 6.42 Å². The van der Waals surface area contributed by atoms with Crippen LogP contribution in [0.25, 0.3) is 0 Å². The van der Waals surface area contributed by atoms with Gasteiger partial charge in [-0.3, -0.25) is 4.79 Å². The standard InChI is InChI=1S/C12H15BrN2O3/c1-17-10-5-8(13)4-9(6-10)15-11(16)12(14)2-3-18-7-12/h4-6H,2-3,7,14H2,1H3,(H,15,16). The van der Waals surface area contributed by atoms with E-state index in [0.29, 0.717) is 24.5 Å². The van der Waals surface area contributed by atoms with Crippen molar-refractivity contribution in [2.75, 3.05) is 25.6 Å². The van der Waals surface area contributed by atoms with Crippen LogP contribution in [0.15, 0.2) is 22.7 Å². The molecule has 18 heavy (non-hydrogen) atoms. The van der Waals surface area contributed by atoms with E-state index in [1.54, 1.807) is 19.2 Å². The number of hydrogen-bond donors (Lipinski definition) is 2. The Hall–Kier alpha value is -1.11. The van der Waals surface area contributed by atoms with Crippen molar-refractivity contribution in [3.63, 3.8) is 0 Å². The number of benzene rings is 1. The second kappa shape index (κ2) is 5.26. The van der Waals surface area contributed by atoms with Crippen LogP contribution < -0.4 is 15.8 Å². The van der Waals surface area contributed by atoms with Gasteiger partial charge in [-0.15, -0.1) is 0 Å². The molecule has 0 spiro atoms. The first-order valence-corrected chi connectivity index (χ1v) is 6.35. The number of amides is 1. The van der Waals surface area contributed by atoms with Gasteiger partial charge in [-0.2, -0.15) is 0 Å². The molecule has 1 aromatic rings. The van der Waals surface area contributed by atoms with E-state index in [9.17, 15) is 4.79 Å². The summed E-state index contributed by atoms with van der Waals surface area (Å²) in [5.74, 6) is 0.425. The van der Waals surface area contributed by atoms with E-state index in [1.807, 2.05) is 6.07 Å². The first-order valence-electron chi connectivity index (χ1n) is 5.56. The third-order valence-corrected chi connectivity index (χ3v) is 3.33. The molecule has 2 rings (SSSR count). The smallest absolute Gasteiger partial charge is 0.246 e. The Morgan fingerprint density at radius 1 is 1.56 bits per heavy atom. The van der Waals surface area contributed by atoms with E-state index in [-0.39, 0.29) is 12.5 Å². The highest BCUT2D eigenvalue weighted by Gasteiger charge is 2.38. The van der Waals surface area contributed by atoms with Gasteiger partial charge in [0.15, 0.2) is 0 Å². The molecule has 1 amide bonds. The molecule has 1 heterocycles. The van der Waals surface area contributed by atoms with E-state index in [2.05, 4.69) is 21.2 Å². The second-order valence-corrected chi connectivity index (χ2v) is 5.21. The monoisotopic (exact) mass is 314 g/mol. The highest BCUT2D eigenvalue weighted by Crippen LogP contribution is 2.26. The lowest BCUT2D eigenvalue weighted by molar-refractivity contribution is -0.121. The molecule has 1 aliphatic heterocycles. The maximum absolute atomic E-state index is 12.1. The van der Waals surface area contributed by atoms with Crippen molar-refractivity contribution in [2.24, 2.45) is 5.73 Å². The van der Waals surface area contributed by atoms with Gasteiger partial charge in [-0.1, -0.05) is 15.9 Å². The van der Waals surface area contributed by atoms with Crippen molar-refractivity contribution in [3.05, 3.63) is 22.7 Å². The minimum Gasteiger partial charge on any atom is -0.497 e. The quantitative estimate of drug-likeness (QED) is 0.887. The molecule has 3 N–H and O–H groups in total. The second-order valence-electron chi connectivity index (χ2n) is 4.29. The van der Waals surface area contributed by atoms with Crippen LogP contribution in [0.5, 0.6) is 5.75 Å². The number of anilines is 1. The number of nitrogens with two attached hydrogens (primary N) is 1. The van der Waals surface area contributed by atoms with Gasteiger partial charge in [0.05, 0.1) is 13.7 Å². The SMILES string of the molecule is COc1cc(Br)cc(NC(=O)C2(N)CCOC2)c1. The lowest BCUT2D eigenvalue weighted by Gasteiger charge is -2.20. The van der Waals surface area contributed by atoms with E-state index in [4.69, 9.17) is 15.2 Å². The van der Waals surface area contributed by atoms with Crippen molar-refractivity contribution in [1.29, 1.82) is 0 Å². The minimum atomic E-state index is -0.935. The molecule has 0 saturated carbocycles. The number of nitrogens with one attached hydrogen (secondary N) is 1. The Bertz CT molecular complexity index is 459. The molecule has 0 aromatic heterocycles. The fourth-order valence-corrected chi connectivity index (χ4v) is 2.24. The third kappa shape index (κ3) is 2.82. The normalized spacial score (nSPS) is 22.8. The Balaban J connectivity index is 2.13. The van der Waals surface area contributed by atoms with E-state index in [1.165, 1.54) is 0 Å². The minimum absolute atomic E-state index is 0.236. The summed E-state index contributed by atoms with van der Waals surface area (Å²) >= 11 is 3.35. The zero-order valence-corrected chi connectivity index (χ0v) is 11.6. The fraction of sp³-hybridized carbons (Fsp3) is 0.417. The lowest BCUT2D eigenvalue weighted by Crippen LogP contribution is -2.51. The van der Waals surface area contributed by atoms with E-state index in [0.717, 1.165) is 4.47 Å². The van der Waals surface area contributed by atoms with Gasteiger partial charge in [0.25, 0.3) is 0 Å². The van der Waals surface area contributed by atoms with Gasteiger partial charge in [0, 0.05) is 22.8 Å². The molecule has 1 fully saturated rings. The van der Waals surface area contributed by atoms with Crippen LogP contribution in [0, 0.1) is 0 Å². The summed E-state index contributed by atoms with van der Waals surface area (Å²) in [5.41, 5.74) is 5.69. The topological polar surface area (TPSA) is 73.6 Å². The molecular formula is C12H15BrN2O3. The van der Waals surface area contributed by atoms with Crippen LogP contribution in [-0.4, -0.2) is 31.8 Å². The summed E-state index contributed by atoms with van der Waals surface area (Å²) in [7, 11) is 1.57. The molecule has 1 saturated heterocycles. The molecule has 1 atom stereocenters. The zero-order valence-electron chi connectivity index (χ0n) is 10.0. The number of carbonyl (C=O) groups excluding carboxylic acids is 1. The van der Waals surface area contributed by atoms with Gasteiger partial charge in [-0.05, 0) is 18.6 Å². The molecule has 98 valence electrons. The molecule has 1 unspecified atom stereocenters. The summed E-state index contributed by atoms with van der Waals surface area (Å²) in [5, 5.41) is 2.79. The molecule has 1 aliphatic rings. The van der Waals surface area contributed by atoms with Crippen molar-refractivity contribution in [3.8, 4) is 5.75 Å². The summed E-state index contributed by atoms with van der Waals surface area (Å²) in [6, 6.07) is 5.34. The van der Waals surface area contributed by atoms with Crippen LogP contribution in [0.2, 0.25) is 0 Å². The maximum Gasteiger partial charge on any atom is 0.246 e. The average Bonchev–Trinajstić information content (AvgIpc) is 2.76. The Morgan fingerprint density at radius 3 is 2.94 bits per heavy atom.